The molecule has 2 unspecified atom stereocenters. The van der Waals surface area contributed by atoms with Crippen molar-refractivity contribution in [1.82, 2.24) is 10.6 Å². The van der Waals surface area contributed by atoms with E-state index in [1.54, 1.807) is 0 Å². The van der Waals surface area contributed by atoms with Crippen LogP contribution in [0.1, 0.15) is 6.42 Å². The van der Waals surface area contributed by atoms with Crippen molar-refractivity contribution in [2.24, 2.45) is 11.1 Å². The van der Waals surface area contributed by atoms with E-state index in [4.69, 9.17) is 10.8 Å². The van der Waals surface area contributed by atoms with Crippen LogP contribution in [-0.2, 0) is 9.59 Å². The molecule has 0 aromatic rings. The fourth-order valence-electron chi connectivity index (χ4n) is 1.72. The summed E-state index contributed by atoms with van der Waals surface area (Å²) in [5.41, 5.74) is 2.21. The number of alkyl halides is 3. The standard InChI is InChI=1S/C9H14F3N3O3/c10-9(11,12)8(1-2-14-4-8)7(18)15-3-5(16)6(13)17/h5,14,16H,1-4H2,(H2,13,17)(H,15,18). The highest BCUT2D eigenvalue weighted by Crippen LogP contribution is 2.43. The molecule has 0 saturated carbocycles. The fraction of sp³-hybridized carbons (Fsp3) is 0.778. The molecule has 0 aliphatic carbocycles. The van der Waals surface area contributed by atoms with E-state index >= 15 is 0 Å². The number of aliphatic hydroxyl groups excluding tert-OH is 1. The lowest BCUT2D eigenvalue weighted by molar-refractivity contribution is -0.216. The number of hydrogen-bond donors (Lipinski definition) is 4. The molecule has 1 fully saturated rings. The van der Waals surface area contributed by atoms with Crippen LogP contribution in [0.5, 0.6) is 0 Å². The second-order valence-electron chi connectivity index (χ2n) is 4.13. The zero-order valence-electron chi connectivity index (χ0n) is 9.38. The Kier molecular flexibility index (Phi) is 4.17. The summed E-state index contributed by atoms with van der Waals surface area (Å²) in [6.07, 6.45) is -6.78. The Morgan fingerprint density at radius 3 is 2.50 bits per heavy atom. The number of primary amides is 1. The summed E-state index contributed by atoms with van der Waals surface area (Å²) in [4.78, 5) is 22.1. The second-order valence-corrected chi connectivity index (χ2v) is 4.13. The Labute approximate surface area is 101 Å². The van der Waals surface area contributed by atoms with Crippen molar-refractivity contribution in [3.05, 3.63) is 0 Å². The molecule has 18 heavy (non-hydrogen) atoms. The molecule has 2 atom stereocenters. The zero-order valence-corrected chi connectivity index (χ0v) is 9.38. The highest BCUT2D eigenvalue weighted by molar-refractivity contribution is 5.85. The Morgan fingerprint density at radius 1 is 1.50 bits per heavy atom. The van der Waals surface area contributed by atoms with E-state index in [0.29, 0.717) is 0 Å². The molecule has 1 aliphatic rings. The first-order chi connectivity index (χ1) is 8.21. The summed E-state index contributed by atoms with van der Waals surface area (Å²) in [5, 5.41) is 13.4. The number of rotatable bonds is 4. The van der Waals surface area contributed by atoms with Crippen LogP contribution in [0.2, 0.25) is 0 Å². The predicted molar refractivity (Wildman–Crippen MR) is 54.2 cm³/mol. The number of carbonyl (C=O) groups is 2. The maximum Gasteiger partial charge on any atom is 0.404 e. The molecule has 1 saturated heterocycles. The van der Waals surface area contributed by atoms with Crippen molar-refractivity contribution in [3.8, 4) is 0 Å². The highest BCUT2D eigenvalue weighted by Gasteiger charge is 2.61. The van der Waals surface area contributed by atoms with Gasteiger partial charge in [0.25, 0.3) is 0 Å². The third-order valence-electron chi connectivity index (χ3n) is 2.92. The van der Waals surface area contributed by atoms with Gasteiger partial charge in [-0.3, -0.25) is 9.59 Å². The minimum atomic E-state index is -4.70. The first-order valence-corrected chi connectivity index (χ1v) is 5.24. The summed E-state index contributed by atoms with van der Waals surface area (Å²) in [6.45, 7) is -1.08. The van der Waals surface area contributed by atoms with E-state index in [9.17, 15) is 22.8 Å². The third kappa shape index (κ3) is 2.72. The second kappa shape index (κ2) is 5.11. The van der Waals surface area contributed by atoms with Crippen molar-refractivity contribution >= 4 is 11.8 Å². The first-order valence-electron chi connectivity index (χ1n) is 5.24. The molecule has 9 heteroatoms. The molecule has 0 aromatic carbocycles. The predicted octanol–water partition coefficient (Wildman–Crippen LogP) is -1.51. The van der Waals surface area contributed by atoms with Gasteiger partial charge in [0, 0.05) is 6.54 Å². The molecule has 5 N–H and O–H groups in total. The van der Waals surface area contributed by atoms with Gasteiger partial charge >= 0.3 is 6.18 Å². The first kappa shape index (κ1) is 14.7. The van der Waals surface area contributed by atoms with Crippen LogP contribution in [0.4, 0.5) is 13.2 Å². The maximum absolute atomic E-state index is 12.9. The highest BCUT2D eigenvalue weighted by atomic mass is 19.4. The molecule has 2 amide bonds. The topological polar surface area (TPSA) is 104 Å². The van der Waals surface area contributed by atoms with Gasteiger partial charge in [0.2, 0.25) is 11.8 Å². The minimum absolute atomic E-state index is 0.0747. The Morgan fingerprint density at radius 2 is 2.11 bits per heavy atom. The fourth-order valence-corrected chi connectivity index (χ4v) is 1.72. The SMILES string of the molecule is NC(=O)C(O)CNC(=O)C1(C(F)(F)F)CCNC1. The Bertz CT molecular complexity index is 340. The molecular formula is C9H14F3N3O3. The molecule has 1 aliphatic heterocycles. The van der Waals surface area contributed by atoms with Gasteiger partial charge in [0.1, 0.15) is 6.10 Å². The summed E-state index contributed by atoms with van der Waals surface area (Å²) in [6, 6.07) is 0. The van der Waals surface area contributed by atoms with Crippen molar-refractivity contribution < 1.29 is 27.9 Å². The number of nitrogens with one attached hydrogen (secondary N) is 2. The van der Waals surface area contributed by atoms with E-state index in [0.717, 1.165) is 0 Å². The maximum atomic E-state index is 12.9. The average molecular weight is 269 g/mol. The number of hydrogen-bond acceptors (Lipinski definition) is 4. The zero-order chi connectivity index (χ0) is 14.0. The van der Waals surface area contributed by atoms with Crippen molar-refractivity contribution in [1.29, 1.82) is 0 Å². The van der Waals surface area contributed by atoms with Crippen molar-refractivity contribution in [2.75, 3.05) is 19.6 Å². The normalized spacial score (nSPS) is 25.8. The van der Waals surface area contributed by atoms with E-state index in [2.05, 4.69) is 5.32 Å². The van der Waals surface area contributed by atoms with E-state index in [1.807, 2.05) is 5.32 Å². The van der Waals surface area contributed by atoms with Crippen LogP contribution in [0.15, 0.2) is 0 Å². The van der Waals surface area contributed by atoms with Crippen LogP contribution in [0, 0.1) is 5.41 Å². The largest absolute Gasteiger partial charge is 0.404 e. The number of halogens is 3. The van der Waals surface area contributed by atoms with Crippen molar-refractivity contribution in [3.63, 3.8) is 0 Å². The lowest BCUT2D eigenvalue weighted by Crippen LogP contribution is -2.54. The molecule has 104 valence electrons. The molecule has 6 nitrogen and oxygen atoms in total. The lowest BCUT2D eigenvalue weighted by Gasteiger charge is -2.29. The molecule has 1 heterocycles. The Balaban J connectivity index is 2.71. The summed E-state index contributed by atoms with van der Waals surface area (Å²) in [7, 11) is 0. The average Bonchev–Trinajstić information content (AvgIpc) is 2.74. The van der Waals surface area contributed by atoms with Crippen LogP contribution in [0.25, 0.3) is 0 Å². The Hall–Kier alpha value is -1.35. The molecule has 1 rings (SSSR count). The quantitative estimate of drug-likeness (QED) is 0.498. The van der Waals surface area contributed by atoms with Crippen LogP contribution < -0.4 is 16.4 Å². The third-order valence-corrected chi connectivity index (χ3v) is 2.92. The molecule has 0 aromatic heterocycles. The van der Waals surface area contributed by atoms with Gasteiger partial charge < -0.3 is 21.5 Å². The van der Waals surface area contributed by atoms with Gasteiger partial charge in [-0.2, -0.15) is 13.2 Å². The minimum Gasteiger partial charge on any atom is -0.381 e. The van der Waals surface area contributed by atoms with Crippen molar-refractivity contribution in [2.45, 2.75) is 18.7 Å². The summed E-state index contributed by atoms with van der Waals surface area (Å²) >= 11 is 0. The van der Waals surface area contributed by atoms with Crippen LogP contribution in [-0.4, -0.2) is 48.8 Å². The number of carbonyl (C=O) groups excluding carboxylic acids is 2. The van der Waals surface area contributed by atoms with Gasteiger partial charge in [-0.15, -0.1) is 0 Å². The smallest absolute Gasteiger partial charge is 0.381 e. The van der Waals surface area contributed by atoms with Gasteiger partial charge in [-0.05, 0) is 13.0 Å². The van der Waals surface area contributed by atoms with E-state index in [-0.39, 0.29) is 13.0 Å². The molecule has 0 bridgehead atoms. The molecule has 0 radical (unpaired) electrons. The van der Waals surface area contributed by atoms with Gasteiger partial charge in [-0.25, -0.2) is 0 Å². The number of aliphatic hydroxyl groups is 1. The monoisotopic (exact) mass is 269 g/mol. The lowest BCUT2D eigenvalue weighted by atomic mass is 9.85. The molecule has 0 spiro atoms. The van der Waals surface area contributed by atoms with Gasteiger partial charge in [0.05, 0.1) is 6.54 Å². The summed E-state index contributed by atoms with van der Waals surface area (Å²) < 4.78 is 38.7. The van der Waals surface area contributed by atoms with E-state index in [1.165, 1.54) is 0 Å². The number of amides is 2. The van der Waals surface area contributed by atoms with E-state index < -0.39 is 42.6 Å². The molecular weight excluding hydrogens is 255 g/mol. The van der Waals surface area contributed by atoms with Gasteiger partial charge in [0.15, 0.2) is 5.41 Å². The number of nitrogens with two attached hydrogens (primary N) is 1. The van der Waals surface area contributed by atoms with Crippen LogP contribution in [0.3, 0.4) is 0 Å². The van der Waals surface area contributed by atoms with Crippen LogP contribution >= 0.6 is 0 Å². The van der Waals surface area contributed by atoms with Gasteiger partial charge in [-0.1, -0.05) is 0 Å². The summed E-state index contributed by atoms with van der Waals surface area (Å²) in [5.74, 6) is -2.37.